The number of aromatic nitrogens is 1. The van der Waals surface area contributed by atoms with Crippen molar-refractivity contribution < 1.29 is 9.59 Å². The van der Waals surface area contributed by atoms with E-state index in [2.05, 4.69) is 10.3 Å². The zero-order valence-electron chi connectivity index (χ0n) is 16.0. The summed E-state index contributed by atoms with van der Waals surface area (Å²) in [6, 6.07) is 11.5. The maximum atomic E-state index is 12.7. The number of likely N-dealkylation sites (tertiary alicyclic amines) is 1. The fourth-order valence-electron chi connectivity index (χ4n) is 3.26. The van der Waals surface area contributed by atoms with Gasteiger partial charge < -0.3 is 10.2 Å². The molecule has 0 spiro atoms. The Bertz CT molecular complexity index is 983. The number of rotatable bonds is 5. The average Bonchev–Trinajstić information content (AvgIpc) is 3.41. The second-order valence-corrected chi connectivity index (χ2v) is 10.1. The van der Waals surface area contributed by atoms with E-state index < -0.39 is 0 Å². The molecule has 3 heterocycles. The maximum absolute atomic E-state index is 12.7. The van der Waals surface area contributed by atoms with E-state index >= 15 is 0 Å². The summed E-state index contributed by atoms with van der Waals surface area (Å²) in [7, 11) is 0. The van der Waals surface area contributed by atoms with Crippen molar-refractivity contribution in [3.05, 3.63) is 57.7 Å². The van der Waals surface area contributed by atoms with E-state index in [1.54, 1.807) is 28.0 Å². The molecule has 8 heteroatoms. The van der Waals surface area contributed by atoms with Crippen LogP contribution in [-0.4, -0.2) is 34.8 Å². The second-order valence-electron chi connectivity index (χ2n) is 6.94. The highest BCUT2D eigenvalue weighted by atomic mass is 32.2. The summed E-state index contributed by atoms with van der Waals surface area (Å²) in [5.41, 5.74) is 1.80. The number of carbonyl (C=O) groups is 2. The Labute approximate surface area is 182 Å². The van der Waals surface area contributed by atoms with Crippen molar-refractivity contribution in [1.29, 1.82) is 0 Å². The second kappa shape index (κ2) is 9.11. The lowest BCUT2D eigenvalue weighted by Crippen LogP contribution is -2.43. The lowest BCUT2D eigenvalue weighted by molar-refractivity contribution is -0.121. The fourth-order valence-corrected chi connectivity index (χ4v) is 5.76. The first-order valence-electron chi connectivity index (χ1n) is 9.42. The summed E-state index contributed by atoms with van der Waals surface area (Å²) in [5.74, 6) is -0.180. The number of hydrogen-bond acceptors (Lipinski definition) is 6. The molecule has 2 aromatic heterocycles. The Hall–Kier alpha value is -2.16. The van der Waals surface area contributed by atoms with Crippen LogP contribution in [0.5, 0.6) is 0 Å². The topological polar surface area (TPSA) is 62.3 Å². The molecule has 0 saturated carbocycles. The molecular formula is C21H21N3O2S3. The van der Waals surface area contributed by atoms with Crippen molar-refractivity contribution in [2.45, 2.75) is 29.0 Å². The number of hydrogen-bond donors (Lipinski definition) is 1. The molecular weight excluding hydrogens is 422 g/mol. The Balaban J connectivity index is 1.34. The molecule has 0 radical (unpaired) electrons. The van der Waals surface area contributed by atoms with E-state index in [-0.39, 0.29) is 17.7 Å². The van der Waals surface area contributed by atoms with Gasteiger partial charge in [-0.3, -0.25) is 9.59 Å². The van der Waals surface area contributed by atoms with Crippen LogP contribution in [0.4, 0.5) is 5.69 Å². The van der Waals surface area contributed by atoms with Crippen molar-refractivity contribution in [2.75, 3.05) is 18.4 Å². The zero-order valence-corrected chi connectivity index (χ0v) is 18.4. The number of amides is 2. The maximum Gasteiger partial charge on any atom is 0.263 e. The minimum atomic E-state index is -0.181. The van der Waals surface area contributed by atoms with Gasteiger partial charge in [-0.05, 0) is 55.5 Å². The van der Waals surface area contributed by atoms with Crippen LogP contribution < -0.4 is 5.32 Å². The fraction of sp³-hybridized carbons (Fsp3) is 0.286. The van der Waals surface area contributed by atoms with Crippen LogP contribution in [0.25, 0.3) is 0 Å². The number of anilines is 1. The molecule has 4 rings (SSSR count). The smallest absolute Gasteiger partial charge is 0.263 e. The van der Waals surface area contributed by atoms with Gasteiger partial charge in [0, 0.05) is 34.7 Å². The van der Waals surface area contributed by atoms with Crippen molar-refractivity contribution in [2.24, 2.45) is 5.92 Å². The number of aryl methyl sites for hydroxylation is 1. The number of nitrogens with one attached hydrogen (secondary N) is 1. The molecule has 150 valence electrons. The van der Waals surface area contributed by atoms with Crippen molar-refractivity contribution in [3.63, 3.8) is 0 Å². The van der Waals surface area contributed by atoms with Crippen LogP contribution >= 0.6 is 34.4 Å². The average molecular weight is 444 g/mol. The molecule has 0 bridgehead atoms. The number of thiazole rings is 1. The van der Waals surface area contributed by atoms with Crippen molar-refractivity contribution >= 4 is 51.9 Å². The Kier molecular flexibility index (Phi) is 6.32. The highest BCUT2D eigenvalue weighted by Gasteiger charge is 2.29. The third-order valence-corrected chi connectivity index (χ3v) is 7.66. The molecule has 1 fully saturated rings. The van der Waals surface area contributed by atoms with E-state index in [1.807, 2.05) is 54.1 Å². The van der Waals surface area contributed by atoms with Gasteiger partial charge in [-0.1, -0.05) is 17.8 Å². The molecule has 3 aromatic rings. The molecule has 29 heavy (non-hydrogen) atoms. The third-order valence-electron chi connectivity index (χ3n) is 4.74. The summed E-state index contributed by atoms with van der Waals surface area (Å²) in [6.45, 7) is 3.17. The first kappa shape index (κ1) is 20.1. The molecule has 1 atom stereocenters. The Morgan fingerprint density at radius 2 is 2.03 bits per heavy atom. The standard InChI is InChI=1S/C21H21N3O2S3/c1-14-13-28-21(22-14)29-17-8-6-16(7-9-17)23-19(25)15-4-2-10-24(12-15)20(26)18-5-3-11-27-18/h3,5-9,11,13,15H,2,4,10,12H2,1H3,(H,23,25). The summed E-state index contributed by atoms with van der Waals surface area (Å²) >= 11 is 4.69. The lowest BCUT2D eigenvalue weighted by Gasteiger charge is -2.31. The normalized spacial score (nSPS) is 16.6. The quantitative estimate of drug-likeness (QED) is 0.592. The highest BCUT2D eigenvalue weighted by Crippen LogP contribution is 2.31. The monoisotopic (exact) mass is 443 g/mol. The Morgan fingerprint density at radius 3 is 2.72 bits per heavy atom. The number of nitrogens with zero attached hydrogens (tertiary/aromatic N) is 2. The Morgan fingerprint density at radius 1 is 1.21 bits per heavy atom. The largest absolute Gasteiger partial charge is 0.337 e. The lowest BCUT2D eigenvalue weighted by atomic mass is 9.97. The van der Waals surface area contributed by atoms with Gasteiger partial charge in [-0.2, -0.15) is 0 Å². The van der Waals surface area contributed by atoms with Crippen LogP contribution in [0.2, 0.25) is 0 Å². The van der Waals surface area contributed by atoms with Gasteiger partial charge in [0.1, 0.15) is 0 Å². The molecule has 5 nitrogen and oxygen atoms in total. The van der Waals surface area contributed by atoms with Gasteiger partial charge >= 0.3 is 0 Å². The predicted molar refractivity (Wildman–Crippen MR) is 119 cm³/mol. The van der Waals surface area contributed by atoms with E-state index in [9.17, 15) is 9.59 Å². The van der Waals surface area contributed by atoms with Crippen LogP contribution in [0, 0.1) is 12.8 Å². The summed E-state index contributed by atoms with van der Waals surface area (Å²) in [4.78, 5) is 33.4. The van der Waals surface area contributed by atoms with Gasteiger partial charge in [0.25, 0.3) is 5.91 Å². The van der Waals surface area contributed by atoms with Gasteiger partial charge in [0.15, 0.2) is 4.34 Å². The van der Waals surface area contributed by atoms with Gasteiger partial charge in [-0.15, -0.1) is 22.7 Å². The van der Waals surface area contributed by atoms with Crippen LogP contribution in [0.3, 0.4) is 0 Å². The summed E-state index contributed by atoms with van der Waals surface area (Å²) in [6.07, 6.45) is 1.65. The van der Waals surface area contributed by atoms with Crippen LogP contribution in [-0.2, 0) is 4.79 Å². The molecule has 2 amide bonds. The highest BCUT2D eigenvalue weighted by molar-refractivity contribution is 8.01. The van der Waals surface area contributed by atoms with Crippen molar-refractivity contribution in [3.8, 4) is 0 Å². The SMILES string of the molecule is Cc1csc(Sc2ccc(NC(=O)C3CCCN(C(=O)c4cccs4)C3)cc2)n1. The number of carbonyl (C=O) groups excluding carboxylic acids is 2. The third kappa shape index (κ3) is 5.07. The first-order chi connectivity index (χ1) is 14.1. The van der Waals surface area contributed by atoms with E-state index in [4.69, 9.17) is 0 Å². The van der Waals surface area contributed by atoms with Crippen LogP contribution in [0.15, 0.2) is 56.4 Å². The van der Waals surface area contributed by atoms with E-state index in [0.717, 1.165) is 38.3 Å². The molecule has 1 saturated heterocycles. The minimum absolute atomic E-state index is 0.0235. The number of thiophene rings is 1. The van der Waals surface area contributed by atoms with Gasteiger partial charge in [0.05, 0.1) is 10.8 Å². The molecule has 1 unspecified atom stereocenters. The molecule has 1 N–H and O–H groups in total. The summed E-state index contributed by atoms with van der Waals surface area (Å²) < 4.78 is 1.01. The zero-order chi connectivity index (χ0) is 20.2. The van der Waals surface area contributed by atoms with Crippen molar-refractivity contribution in [1.82, 2.24) is 9.88 Å². The molecule has 1 aliphatic rings. The minimum Gasteiger partial charge on any atom is -0.337 e. The summed E-state index contributed by atoms with van der Waals surface area (Å²) in [5, 5.41) is 6.94. The first-order valence-corrected chi connectivity index (χ1v) is 12.0. The van der Waals surface area contributed by atoms with E-state index in [1.165, 1.54) is 11.3 Å². The van der Waals surface area contributed by atoms with E-state index in [0.29, 0.717) is 13.1 Å². The molecule has 1 aliphatic heterocycles. The number of benzene rings is 1. The predicted octanol–water partition coefficient (Wildman–Crippen LogP) is 5.16. The number of piperidine rings is 1. The van der Waals surface area contributed by atoms with Gasteiger partial charge in [0.2, 0.25) is 5.91 Å². The van der Waals surface area contributed by atoms with Gasteiger partial charge in [-0.25, -0.2) is 4.98 Å². The molecule has 0 aliphatic carbocycles. The van der Waals surface area contributed by atoms with Crippen LogP contribution in [0.1, 0.15) is 28.2 Å². The molecule has 1 aromatic carbocycles.